The molecule has 1 aromatic heterocycles. The van der Waals surface area contributed by atoms with E-state index in [4.69, 9.17) is 0 Å². The third kappa shape index (κ3) is 2.32. The first kappa shape index (κ1) is 13.1. The first-order valence-corrected chi connectivity index (χ1v) is 7.58. The van der Waals surface area contributed by atoms with Gasteiger partial charge in [-0.05, 0) is 38.6 Å². The van der Waals surface area contributed by atoms with Crippen molar-refractivity contribution in [2.75, 3.05) is 19.6 Å². The van der Waals surface area contributed by atoms with Crippen molar-refractivity contribution < 1.29 is 0 Å². The van der Waals surface area contributed by atoms with Crippen LogP contribution in [0.4, 0.5) is 0 Å². The quantitative estimate of drug-likeness (QED) is 0.897. The molecular weight excluding hydrogens is 236 g/mol. The number of hydrogen-bond donors (Lipinski definition) is 1. The molecule has 2 saturated heterocycles. The number of aryl methyl sites for hydroxylation is 1. The van der Waals surface area contributed by atoms with Gasteiger partial charge in [-0.25, -0.2) is 0 Å². The third-order valence-corrected chi connectivity index (χ3v) is 5.03. The predicted molar refractivity (Wildman–Crippen MR) is 76.9 cm³/mol. The van der Waals surface area contributed by atoms with Crippen LogP contribution in [0.3, 0.4) is 0 Å². The van der Waals surface area contributed by atoms with Crippen LogP contribution >= 0.6 is 0 Å². The summed E-state index contributed by atoms with van der Waals surface area (Å²) in [6.07, 6.45) is 5.40. The predicted octanol–water partition coefficient (Wildman–Crippen LogP) is 1.72. The summed E-state index contributed by atoms with van der Waals surface area (Å²) in [6, 6.07) is 0. The molecule has 0 saturated carbocycles. The van der Waals surface area contributed by atoms with Crippen LogP contribution in [0, 0.1) is 11.8 Å². The fraction of sp³-hybridized carbons (Fsp3) is 0.800. The highest BCUT2D eigenvalue weighted by Gasteiger charge is 2.49. The van der Waals surface area contributed by atoms with E-state index in [0.29, 0.717) is 5.54 Å². The molecule has 2 atom stereocenters. The molecule has 4 nitrogen and oxygen atoms in total. The van der Waals surface area contributed by atoms with Gasteiger partial charge in [0, 0.05) is 43.5 Å². The first-order valence-electron chi connectivity index (χ1n) is 7.58. The number of aromatic nitrogens is 2. The Kier molecular flexibility index (Phi) is 3.39. The zero-order valence-electron chi connectivity index (χ0n) is 12.4. The van der Waals surface area contributed by atoms with Gasteiger partial charge in [-0.1, -0.05) is 6.92 Å². The highest BCUT2D eigenvalue weighted by Crippen LogP contribution is 2.41. The SMILES string of the molecule is CCCn1cc(CN2CC3CNCC3C2(C)C)cn1. The fourth-order valence-electron chi connectivity index (χ4n) is 3.83. The molecule has 19 heavy (non-hydrogen) atoms. The number of nitrogens with zero attached hydrogens (tertiary/aromatic N) is 3. The van der Waals surface area contributed by atoms with E-state index >= 15 is 0 Å². The van der Waals surface area contributed by atoms with Gasteiger partial charge < -0.3 is 5.32 Å². The minimum Gasteiger partial charge on any atom is -0.316 e. The van der Waals surface area contributed by atoms with Gasteiger partial charge in [0.05, 0.1) is 6.20 Å². The Morgan fingerprint density at radius 1 is 1.42 bits per heavy atom. The Labute approximate surface area is 116 Å². The summed E-state index contributed by atoms with van der Waals surface area (Å²) in [5, 5.41) is 7.99. The first-order chi connectivity index (χ1) is 9.11. The van der Waals surface area contributed by atoms with Crippen molar-refractivity contribution in [2.45, 2.75) is 45.8 Å². The van der Waals surface area contributed by atoms with E-state index in [1.807, 2.05) is 6.20 Å². The van der Waals surface area contributed by atoms with Crippen LogP contribution in [0.5, 0.6) is 0 Å². The molecule has 0 bridgehead atoms. The molecule has 0 spiro atoms. The normalized spacial score (nSPS) is 29.8. The summed E-state index contributed by atoms with van der Waals surface area (Å²) in [7, 11) is 0. The molecule has 0 aromatic carbocycles. The third-order valence-electron chi connectivity index (χ3n) is 5.03. The van der Waals surface area contributed by atoms with Crippen LogP contribution in [-0.2, 0) is 13.1 Å². The molecule has 0 radical (unpaired) electrons. The number of nitrogens with one attached hydrogen (secondary N) is 1. The van der Waals surface area contributed by atoms with Crippen molar-refractivity contribution in [3.63, 3.8) is 0 Å². The van der Waals surface area contributed by atoms with Crippen molar-refractivity contribution >= 4 is 0 Å². The lowest BCUT2D eigenvalue weighted by Gasteiger charge is -2.35. The number of likely N-dealkylation sites (tertiary alicyclic amines) is 1. The van der Waals surface area contributed by atoms with E-state index in [1.54, 1.807) is 0 Å². The number of hydrogen-bond acceptors (Lipinski definition) is 3. The smallest absolute Gasteiger partial charge is 0.0534 e. The Morgan fingerprint density at radius 2 is 2.26 bits per heavy atom. The Bertz CT molecular complexity index is 437. The maximum Gasteiger partial charge on any atom is 0.0534 e. The summed E-state index contributed by atoms with van der Waals surface area (Å²) in [4.78, 5) is 2.65. The average Bonchev–Trinajstić information content (AvgIpc) is 3.02. The molecule has 1 aromatic rings. The van der Waals surface area contributed by atoms with Gasteiger partial charge in [0.15, 0.2) is 0 Å². The number of fused-ring (bicyclic) bond motifs is 1. The highest BCUT2D eigenvalue weighted by atomic mass is 15.3. The Morgan fingerprint density at radius 3 is 3.00 bits per heavy atom. The molecule has 2 unspecified atom stereocenters. The lowest BCUT2D eigenvalue weighted by molar-refractivity contribution is 0.132. The zero-order valence-corrected chi connectivity index (χ0v) is 12.4. The summed E-state index contributed by atoms with van der Waals surface area (Å²) >= 11 is 0. The zero-order chi connectivity index (χ0) is 13.5. The fourth-order valence-corrected chi connectivity index (χ4v) is 3.83. The standard InChI is InChI=1S/C15H26N4/c1-4-5-19-10-12(6-17-19)9-18-11-13-7-16-8-14(13)15(18,2)3/h6,10,13-14,16H,4-5,7-9,11H2,1-3H3. The minimum absolute atomic E-state index is 0.307. The van der Waals surface area contributed by atoms with Gasteiger partial charge in [-0.2, -0.15) is 5.10 Å². The molecule has 1 N–H and O–H groups in total. The molecule has 106 valence electrons. The largest absolute Gasteiger partial charge is 0.316 e. The molecule has 2 aliphatic heterocycles. The second kappa shape index (κ2) is 4.91. The second-order valence-corrected chi connectivity index (χ2v) is 6.67. The van der Waals surface area contributed by atoms with Crippen LogP contribution in [0.1, 0.15) is 32.8 Å². The van der Waals surface area contributed by atoms with Crippen molar-refractivity contribution in [3.8, 4) is 0 Å². The molecular formula is C15H26N4. The Hall–Kier alpha value is -0.870. The molecule has 3 heterocycles. The van der Waals surface area contributed by atoms with E-state index in [0.717, 1.165) is 31.3 Å². The summed E-state index contributed by atoms with van der Waals surface area (Å²) in [6.45, 7) is 12.7. The van der Waals surface area contributed by atoms with Crippen molar-refractivity contribution in [1.82, 2.24) is 20.0 Å². The van der Waals surface area contributed by atoms with Gasteiger partial charge in [0.25, 0.3) is 0 Å². The van der Waals surface area contributed by atoms with E-state index in [2.05, 4.69) is 47.0 Å². The molecule has 0 amide bonds. The maximum absolute atomic E-state index is 4.45. The monoisotopic (exact) mass is 262 g/mol. The van der Waals surface area contributed by atoms with Crippen LogP contribution in [-0.4, -0.2) is 39.9 Å². The van der Waals surface area contributed by atoms with E-state index in [1.165, 1.54) is 25.2 Å². The van der Waals surface area contributed by atoms with Crippen molar-refractivity contribution in [3.05, 3.63) is 18.0 Å². The van der Waals surface area contributed by atoms with Crippen molar-refractivity contribution in [1.29, 1.82) is 0 Å². The minimum atomic E-state index is 0.307. The summed E-state index contributed by atoms with van der Waals surface area (Å²) < 4.78 is 2.07. The number of rotatable bonds is 4. The summed E-state index contributed by atoms with van der Waals surface area (Å²) in [5.74, 6) is 1.64. The lowest BCUT2D eigenvalue weighted by atomic mass is 9.85. The second-order valence-electron chi connectivity index (χ2n) is 6.67. The maximum atomic E-state index is 4.45. The van der Waals surface area contributed by atoms with Crippen LogP contribution in [0.25, 0.3) is 0 Å². The van der Waals surface area contributed by atoms with E-state index < -0.39 is 0 Å². The molecule has 0 aliphatic carbocycles. The van der Waals surface area contributed by atoms with Crippen LogP contribution in [0.2, 0.25) is 0 Å². The van der Waals surface area contributed by atoms with Gasteiger partial charge in [-0.15, -0.1) is 0 Å². The lowest BCUT2D eigenvalue weighted by Crippen LogP contribution is -2.43. The van der Waals surface area contributed by atoms with E-state index in [-0.39, 0.29) is 0 Å². The Balaban J connectivity index is 1.69. The average molecular weight is 262 g/mol. The molecule has 2 fully saturated rings. The molecule has 4 heteroatoms. The van der Waals surface area contributed by atoms with Gasteiger partial charge in [-0.3, -0.25) is 9.58 Å². The van der Waals surface area contributed by atoms with Crippen LogP contribution < -0.4 is 5.32 Å². The van der Waals surface area contributed by atoms with E-state index in [9.17, 15) is 0 Å². The van der Waals surface area contributed by atoms with Crippen LogP contribution in [0.15, 0.2) is 12.4 Å². The topological polar surface area (TPSA) is 33.1 Å². The highest BCUT2D eigenvalue weighted by molar-refractivity contribution is 5.10. The van der Waals surface area contributed by atoms with Gasteiger partial charge in [0.1, 0.15) is 0 Å². The van der Waals surface area contributed by atoms with Gasteiger partial charge in [0.2, 0.25) is 0 Å². The molecule has 3 rings (SSSR count). The van der Waals surface area contributed by atoms with Crippen molar-refractivity contribution in [2.24, 2.45) is 11.8 Å². The summed E-state index contributed by atoms with van der Waals surface area (Å²) in [5.41, 5.74) is 1.66. The molecule has 2 aliphatic rings. The van der Waals surface area contributed by atoms with Gasteiger partial charge >= 0.3 is 0 Å².